The lowest BCUT2D eigenvalue weighted by molar-refractivity contribution is 0.0766. The highest BCUT2D eigenvalue weighted by atomic mass is 35.5. The third-order valence-corrected chi connectivity index (χ3v) is 5.16. The van der Waals surface area contributed by atoms with Gasteiger partial charge in [0.05, 0.1) is 5.69 Å². The smallest absolute Gasteiger partial charge is 0.254 e. The number of fused-ring (bicyclic) bond motifs is 1. The molecule has 2 aromatic carbocycles. The molecule has 0 atom stereocenters. The van der Waals surface area contributed by atoms with Crippen molar-refractivity contribution in [2.75, 3.05) is 6.26 Å². The minimum absolute atomic E-state index is 0.0426. The molecule has 1 aromatic heterocycles. The van der Waals surface area contributed by atoms with Crippen molar-refractivity contribution in [1.82, 2.24) is 14.9 Å². The van der Waals surface area contributed by atoms with E-state index >= 15 is 0 Å². The maximum absolute atomic E-state index is 12.8. The number of rotatable bonds is 4. The van der Waals surface area contributed by atoms with Gasteiger partial charge in [0, 0.05) is 35.4 Å². The number of aromatic nitrogens is 2. The van der Waals surface area contributed by atoms with Gasteiger partial charge in [-0.2, -0.15) is 0 Å². The summed E-state index contributed by atoms with van der Waals surface area (Å²) in [7, 11) is 0. The third-order valence-electron chi connectivity index (χ3n) is 4.36. The van der Waals surface area contributed by atoms with Crippen molar-refractivity contribution >= 4 is 29.3 Å². The number of hydrogen-bond donors (Lipinski definition) is 0. The van der Waals surface area contributed by atoms with E-state index in [0.29, 0.717) is 18.1 Å². The van der Waals surface area contributed by atoms with Crippen LogP contribution >= 0.6 is 23.4 Å². The average Bonchev–Trinajstić information content (AvgIpc) is 2.97. The zero-order chi connectivity index (χ0) is 18.1. The van der Waals surface area contributed by atoms with Gasteiger partial charge in [0.1, 0.15) is 0 Å². The highest BCUT2D eigenvalue weighted by Gasteiger charge is 2.27. The minimum atomic E-state index is 0.0426. The van der Waals surface area contributed by atoms with Crippen LogP contribution in [-0.4, -0.2) is 27.0 Å². The predicted octanol–water partition coefficient (Wildman–Crippen LogP) is 4.67. The summed E-state index contributed by atoms with van der Waals surface area (Å²) in [6.07, 6.45) is 3.69. The molecule has 0 unspecified atom stereocenters. The van der Waals surface area contributed by atoms with E-state index in [-0.39, 0.29) is 5.91 Å². The average molecular weight is 382 g/mol. The summed E-state index contributed by atoms with van der Waals surface area (Å²) in [5.41, 5.74) is 4.57. The fraction of sp³-hybridized carbons (Fsp3) is 0.150. The molecule has 4 nitrogen and oxygen atoms in total. The quantitative estimate of drug-likeness (QED) is 0.486. The molecule has 6 heteroatoms. The van der Waals surface area contributed by atoms with E-state index in [4.69, 9.17) is 11.6 Å². The van der Waals surface area contributed by atoms with Crippen molar-refractivity contribution in [2.24, 2.45) is 0 Å². The first-order chi connectivity index (χ1) is 12.6. The lowest BCUT2D eigenvalue weighted by atomic mass is 10.0. The third kappa shape index (κ3) is 3.32. The fourth-order valence-corrected chi connectivity index (χ4v) is 3.67. The number of halogens is 1. The Bertz CT molecular complexity index is 992. The maximum atomic E-state index is 12.8. The Hall–Kier alpha value is -2.37. The molecule has 0 radical (unpaired) electrons. The topological polar surface area (TPSA) is 46.1 Å². The van der Waals surface area contributed by atoms with Crippen molar-refractivity contribution in [3.8, 4) is 11.3 Å². The van der Waals surface area contributed by atoms with Gasteiger partial charge in [-0.3, -0.25) is 4.79 Å². The Morgan fingerprint density at radius 1 is 1.19 bits per heavy atom. The molecule has 0 N–H and O–H groups in total. The number of amides is 1. The van der Waals surface area contributed by atoms with Crippen LogP contribution in [0.25, 0.3) is 11.3 Å². The van der Waals surface area contributed by atoms with Crippen LogP contribution in [-0.2, 0) is 13.1 Å². The molecule has 1 aliphatic heterocycles. The number of nitrogens with zero attached hydrogens (tertiary/aromatic N) is 3. The van der Waals surface area contributed by atoms with E-state index in [1.807, 2.05) is 59.7 Å². The van der Waals surface area contributed by atoms with E-state index in [0.717, 1.165) is 33.1 Å². The van der Waals surface area contributed by atoms with Gasteiger partial charge in [0.15, 0.2) is 5.16 Å². The molecule has 0 aliphatic carbocycles. The molecule has 0 fully saturated rings. The first kappa shape index (κ1) is 17.1. The van der Waals surface area contributed by atoms with Crippen LogP contribution in [0.2, 0.25) is 5.02 Å². The van der Waals surface area contributed by atoms with Gasteiger partial charge < -0.3 is 4.90 Å². The monoisotopic (exact) mass is 381 g/mol. The molecule has 130 valence electrons. The van der Waals surface area contributed by atoms with Crippen LogP contribution in [0, 0.1) is 0 Å². The Balaban J connectivity index is 1.61. The molecule has 3 aromatic rings. The van der Waals surface area contributed by atoms with Crippen molar-refractivity contribution in [1.29, 1.82) is 0 Å². The van der Waals surface area contributed by atoms with E-state index in [9.17, 15) is 4.79 Å². The summed E-state index contributed by atoms with van der Waals surface area (Å²) in [5, 5.41) is 1.40. The number of benzene rings is 2. The zero-order valence-corrected chi connectivity index (χ0v) is 15.7. The summed E-state index contributed by atoms with van der Waals surface area (Å²) in [6, 6.07) is 15.5. The number of carbonyl (C=O) groups is 1. The van der Waals surface area contributed by atoms with Crippen LogP contribution in [0.15, 0.2) is 59.9 Å². The summed E-state index contributed by atoms with van der Waals surface area (Å²) >= 11 is 7.55. The first-order valence-corrected chi connectivity index (χ1v) is 9.78. The van der Waals surface area contributed by atoms with Gasteiger partial charge in [-0.05, 0) is 41.6 Å². The Morgan fingerprint density at radius 3 is 2.88 bits per heavy atom. The number of thioether (sulfide) groups is 1. The summed E-state index contributed by atoms with van der Waals surface area (Å²) < 4.78 is 0. The van der Waals surface area contributed by atoms with E-state index < -0.39 is 0 Å². The molecule has 26 heavy (non-hydrogen) atoms. The Labute approximate surface area is 161 Å². The van der Waals surface area contributed by atoms with Crippen molar-refractivity contribution in [3.63, 3.8) is 0 Å². The molecule has 1 aliphatic rings. The summed E-state index contributed by atoms with van der Waals surface area (Å²) in [5.74, 6) is 0.0426. The lowest BCUT2D eigenvalue weighted by Crippen LogP contribution is -2.23. The van der Waals surface area contributed by atoms with Crippen LogP contribution in [0.3, 0.4) is 0 Å². The van der Waals surface area contributed by atoms with Crippen LogP contribution < -0.4 is 0 Å². The van der Waals surface area contributed by atoms with Crippen LogP contribution in [0.5, 0.6) is 0 Å². The number of carbonyl (C=O) groups excluding carboxylic acids is 1. The van der Waals surface area contributed by atoms with Gasteiger partial charge in [0.25, 0.3) is 5.91 Å². The van der Waals surface area contributed by atoms with Gasteiger partial charge in [-0.15, -0.1) is 0 Å². The predicted molar refractivity (Wildman–Crippen MR) is 104 cm³/mol. The zero-order valence-electron chi connectivity index (χ0n) is 14.1. The van der Waals surface area contributed by atoms with Gasteiger partial charge in [-0.1, -0.05) is 47.6 Å². The van der Waals surface area contributed by atoms with E-state index in [1.165, 1.54) is 11.8 Å². The second-order valence-corrected chi connectivity index (χ2v) is 7.30. The molecular formula is C20H16ClN3OS. The van der Waals surface area contributed by atoms with Crippen molar-refractivity contribution in [3.05, 3.63) is 76.4 Å². The molecule has 2 heterocycles. The lowest BCUT2D eigenvalue weighted by Gasteiger charge is -2.15. The van der Waals surface area contributed by atoms with E-state index in [1.54, 1.807) is 6.20 Å². The fourth-order valence-electron chi connectivity index (χ4n) is 3.10. The van der Waals surface area contributed by atoms with E-state index in [2.05, 4.69) is 9.97 Å². The molecular weight excluding hydrogens is 366 g/mol. The van der Waals surface area contributed by atoms with Crippen LogP contribution in [0.4, 0.5) is 0 Å². The molecule has 0 saturated heterocycles. The maximum Gasteiger partial charge on any atom is 0.254 e. The Kier molecular flexibility index (Phi) is 4.66. The molecule has 0 saturated carbocycles. The summed E-state index contributed by atoms with van der Waals surface area (Å²) in [4.78, 5) is 23.4. The normalized spacial score (nSPS) is 13.2. The molecule has 0 bridgehead atoms. The van der Waals surface area contributed by atoms with Crippen molar-refractivity contribution in [2.45, 2.75) is 18.2 Å². The minimum Gasteiger partial charge on any atom is -0.330 e. The number of hydrogen-bond acceptors (Lipinski definition) is 4. The first-order valence-electron chi connectivity index (χ1n) is 8.18. The largest absolute Gasteiger partial charge is 0.330 e. The van der Waals surface area contributed by atoms with Gasteiger partial charge in [0.2, 0.25) is 0 Å². The molecule has 1 amide bonds. The molecule has 0 spiro atoms. The standard InChI is InChI=1S/C20H16ClN3OS/c1-26-20-22-8-7-18(23-20)14-5-6-15-12-24(19(25)17(15)10-14)11-13-3-2-4-16(21)9-13/h2-10H,11-12H2,1H3. The second kappa shape index (κ2) is 7.09. The molecule has 4 rings (SSSR count). The SMILES string of the molecule is CSc1nccc(-c2ccc3c(c2)C(=O)N(Cc2cccc(Cl)c2)C3)n1. The Morgan fingerprint density at radius 2 is 2.08 bits per heavy atom. The van der Waals surface area contributed by atoms with Gasteiger partial charge in [-0.25, -0.2) is 9.97 Å². The van der Waals surface area contributed by atoms with Crippen LogP contribution in [0.1, 0.15) is 21.5 Å². The highest BCUT2D eigenvalue weighted by Crippen LogP contribution is 2.29. The van der Waals surface area contributed by atoms with Crippen molar-refractivity contribution < 1.29 is 4.79 Å². The highest BCUT2D eigenvalue weighted by molar-refractivity contribution is 7.98. The summed E-state index contributed by atoms with van der Waals surface area (Å²) in [6.45, 7) is 1.16. The van der Waals surface area contributed by atoms with Gasteiger partial charge >= 0.3 is 0 Å². The second-order valence-electron chi connectivity index (χ2n) is 6.09.